The van der Waals surface area contributed by atoms with Crippen molar-refractivity contribution in [1.82, 2.24) is 4.90 Å². The average molecular weight is 202 g/mol. The number of carboxylic acid groups (broad SMARTS) is 1. The highest BCUT2D eigenvalue weighted by atomic mass is 16.5. The van der Waals surface area contributed by atoms with Crippen LogP contribution < -0.4 is 5.73 Å². The van der Waals surface area contributed by atoms with Crippen molar-refractivity contribution < 1.29 is 19.4 Å². The van der Waals surface area contributed by atoms with Crippen LogP contribution in [0.5, 0.6) is 0 Å². The van der Waals surface area contributed by atoms with Gasteiger partial charge < -0.3 is 20.5 Å². The first kappa shape index (κ1) is 10.9. The number of ether oxygens (including phenoxy) is 1. The molecule has 1 aliphatic heterocycles. The molecular formula is C8H14N2O4. The van der Waals surface area contributed by atoms with E-state index < -0.39 is 17.9 Å². The molecule has 0 aromatic heterocycles. The molecule has 6 nitrogen and oxygen atoms in total. The lowest BCUT2D eigenvalue weighted by atomic mass is 9.99. The summed E-state index contributed by atoms with van der Waals surface area (Å²) in [6.07, 6.45) is 0. The van der Waals surface area contributed by atoms with Crippen molar-refractivity contribution >= 4 is 11.9 Å². The minimum atomic E-state index is -0.866. The number of likely N-dealkylation sites (tertiary alicyclic amines) is 1. The van der Waals surface area contributed by atoms with Gasteiger partial charge in [0.15, 0.2) is 0 Å². The monoisotopic (exact) mass is 202 g/mol. The number of rotatable bonds is 4. The minimum absolute atomic E-state index is 0.160. The van der Waals surface area contributed by atoms with Gasteiger partial charge in [-0.3, -0.25) is 9.59 Å². The van der Waals surface area contributed by atoms with E-state index in [2.05, 4.69) is 0 Å². The van der Waals surface area contributed by atoms with Gasteiger partial charge in [0.25, 0.3) is 0 Å². The van der Waals surface area contributed by atoms with Crippen LogP contribution in [0.25, 0.3) is 0 Å². The smallest absolute Gasteiger partial charge is 0.310 e. The number of carbonyl (C=O) groups excluding carboxylic acids is 1. The van der Waals surface area contributed by atoms with Crippen LogP contribution in [0.4, 0.5) is 0 Å². The van der Waals surface area contributed by atoms with Gasteiger partial charge in [-0.15, -0.1) is 0 Å². The number of nitrogens with two attached hydrogens (primary N) is 1. The second-order valence-electron chi connectivity index (χ2n) is 3.34. The lowest BCUT2D eigenvalue weighted by Gasteiger charge is -2.37. The third kappa shape index (κ3) is 2.21. The number of methoxy groups -OCH3 is 1. The van der Waals surface area contributed by atoms with E-state index in [4.69, 9.17) is 15.6 Å². The van der Waals surface area contributed by atoms with E-state index in [-0.39, 0.29) is 25.6 Å². The fraction of sp³-hybridized carbons (Fsp3) is 0.750. The molecule has 0 aliphatic carbocycles. The van der Waals surface area contributed by atoms with Crippen molar-refractivity contribution in [3.63, 3.8) is 0 Å². The molecule has 0 spiro atoms. The Bertz CT molecular complexity index is 237. The molecule has 0 bridgehead atoms. The molecule has 3 N–H and O–H groups in total. The van der Waals surface area contributed by atoms with Crippen LogP contribution in [0, 0.1) is 5.92 Å². The van der Waals surface area contributed by atoms with Crippen LogP contribution >= 0.6 is 0 Å². The Balaban J connectivity index is 2.32. The lowest BCUT2D eigenvalue weighted by Crippen LogP contribution is -2.58. The van der Waals surface area contributed by atoms with Gasteiger partial charge in [-0.1, -0.05) is 0 Å². The Morgan fingerprint density at radius 3 is 2.64 bits per heavy atom. The quantitative estimate of drug-likeness (QED) is 0.579. The van der Waals surface area contributed by atoms with E-state index in [0.717, 1.165) is 0 Å². The zero-order valence-electron chi connectivity index (χ0n) is 7.97. The second kappa shape index (κ2) is 4.39. The summed E-state index contributed by atoms with van der Waals surface area (Å²) in [6, 6.07) is -0.685. The molecule has 1 saturated heterocycles. The third-order valence-corrected chi connectivity index (χ3v) is 2.21. The van der Waals surface area contributed by atoms with E-state index in [1.807, 2.05) is 0 Å². The van der Waals surface area contributed by atoms with Crippen molar-refractivity contribution in [3.05, 3.63) is 0 Å². The maximum Gasteiger partial charge on any atom is 0.310 e. The maximum atomic E-state index is 11.4. The molecule has 1 aliphatic rings. The first-order valence-corrected chi connectivity index (χ1v) is 4.32. The van der Waals surface area contributed by atoms with Crippen LogP contribution in [-0.2, 0) is 14.3 Å². The summed E-state index contributed by atoms with van der Waals surface area (Å²) in [4.78, 5) is 23.3. The zero-order valence-corrected chi connectivity index (χ0v) is 7.97. The fourth-order valence-electron chi connectivity index (χ4n) is 1.30. The molecule has 80 valence electrons. The van der Waals surface area contributed by atoms with Crippen molar-refractivity contribution in [3.8, 4) is 0 Å². The van der Waals surface area contributed by atoms with Gasteiger partial charge in [0, 0.05) is 20.2 Å². The molecule has 1 fully saturated rings. The Morgan fingerprint density at radius 1 is 1.64 bits per heavy atom. The molecule has 1 amide bonds. The largest absolute Gasteiger partial charge is 0.481 e. The highest BCUT2D eigenvalue weighted by Gasteiger charge is 2.37. The molecule has 1 atom stereocenters. The number of nitrogens with zero attached hydrogens (tertiary/aromatic N) is 1. The number of aliphatic carboxylic acids is 1. The molecule has 14 heavy (non-hydrogen) atoms. The molecule has 0 radical (unpaired) electrons. The van der Waals surface area contributed by atoms with Crippen molar-refractivity contribution in [2.75, 3.05) is 26.8 Å². The number of hydrogen-bond acceptors (Lipinski definition) is 4. The molecule has 0 aromatic carbocycles. The molecular weight excluding hydrogens is 188 g/mol. The molecule has 6 heteroatoms. The first-order chi connectivity index (χ1) is 6.56. The molecule has 1 unspecified atom stereocenters. The Morgan fingerprint density at radius 2 is 2.21 bits per heavy atom. The van der Waals surface area contributed by atoms with Crippen LogP contribution in [0.3, 0.4) is 0 Å². The van der Waals surface area contributed by atoms with E-state index >= 15 is 0 Å². The number of hydrogen-bond donors (Lipinski definition) is 2. The summed E-state index contributed by atoms with van der Waals surface area (Å²) in [5.74, 6) is -1.55. The van der Waals surface area contributed by atoms with E-state index in [0.29, 0.717) is 0 Å². The minimum Gasteiger partial charge on any atom is -0.481 e. The van der Waals surface area contributed by atoms with Crippen LogP contribution in [0.2, 0.25) is 0 Å². The predicted molar refractivity (Wildman–Crippen MR) is 47.6 cm³/mol. The first-order valence-electron chi connectivity index (χ1n) is 4.32. The van der Waals surface area contributed by atoms with Gasteiger partial charge in [0.2, 0.25) is 5.91 Å². The van der Waals surface area contributed by atoms with Gasteiger partial charge in [-0.2, -0.15) is 0 Å². The summed E-state index contributed by atoms with van der Waals surface area (Å²) >= 11 is 0. The average Bonchev–Trinajstić information content (AvgIpc) is 2.00. The third-order valence-electron chi connectivity index (χ3n) is 2.21. The van der Waals surface area contributed by atoms with Gasteiger partial charge in [-0.05, 0) is 0 Å². The van der Waals surface area contributed by atoms with Gasteiger partial charge in [0.05, 0.1) is 12.5 Å². The zero-order chi connectivity index (χ0) is 10.7. The number of carboxylic acids is 1. The summed E-state index contributed by atoms with van der Waals surface area (Å²) in [6.45, 7) is 0.671. The summed E-state index contributed by atoms with van der Waals surface area (Å²) in [7, 11) is 1.46. The Labute approximate surface area is 81.6 Å². The highest BCUT2D eigenvalue weighted by molar-refractivity contribution is 5.84. The van der Waals surface area contributed by atoms with E-state index in [1.165, 1.54) is 12.0 Å². The van der Waals surface area contributed by atoms with Crippen LogP contribution in [0.15, 0.2) is 0 Å². The second-order valence-corrected chi connectivity index (χ2v) is 3.34. The summed E-state index contributed by atoms with van der Waals surface area (Å²) < 4.78 is 4.73. The normalized spacial score (nSPS) is 18.9. The topological polar surface area (TPSA) is 92.9 Å². The summed E-state index contributed by atoms with van der Waals surface area (Å²) in [5, 5.41) is 8.58. The standard InChI is InChI=1S/C8H14N2O4/c1-14-4-6(9)7(11)10-2-5(3-10)8(12)13/h5-6H,2-4,9H2,1H3,(H,12,13). The van der Waals surface area contributed by atoms with Gasteiger partial charge >= 0.3 is 5.97 Å². The van der Waals surface area contributed by atoms with Crippen LogP contribution in [0.1, 0.15) is 0 Å². The molecule has 0 aromatic rings. The maximum absolute atomic E-state index is 11.4. The molecule has 1 heterocycles. The van der Waals surface area contributed by atoms with Crippen molar-refractivity contribution in [1.29, 1.82) is 0 Å². The van der Waals surface area contributed by atoms with Crippen molar-refractivity contribution in [2.24, 2.45) is 11.7 Å². The van der Waals surface area contributed by atoms with E-state index in [1.54, 1.807) is 0 Å². The van der Waals surface area contributed by atoms with Crippen LogP contribution in [-0.4, -0.2) is 54.7 Å². The Kier molecular flexibility index (Phi) is 3.43. The van der Waals surface area contributed by atoms with Crippen molar-refractivity contribution in [2.45, 2.75) is 6.04 Å². The number of carbonyl (C=O) groups is 2. The number of amides is 1. The fourth-order valence-corrected chi connectivity index (χ4v) is 1.30. The van der Waals surface area contributed by atoms with Gasteiger partial charge in [-0.25, -0.2) is 0 Å². The van der Waals surface area contributed by atoms with E-state index in [9.17, 15) is 9.59 Å². The van der Waals surface area contributed by atoms with Gasteiger partial charge in [0.1, 0.15) is 6.04 Å². The Hall–Kier alpha value is -1.14. The highest BCUT2D eigenvalue weighted by Crippen LogP contribution is 2.16. The molecule has 0 saturated carbocycles. The molecule has 1 rings (SSSR count). The SMILES string of the molecule is COCC(N)C(=O)N1CC(C(=O)O)C1. The predicted octanol–water partition coefficient (Wildman–Crippen LogP) is -1.50. The summed E-state index contributed by atoms with van der Waals surface area (Å²) in [5.41, 5.74) is 5.50. The lowest BCUT2D eigenvalue weighted by molar-refractivity contribution is -0.153.